The summed E-state index contributed by atoms with van der Waals surface area (Å²) < 4.78 is 4.78. The Labute approximate surface area is 77.2 Å². The first-order chi connectivity index (χ1) is 5.90. The van der Waals surface area contributed by atoms with E-state index in [1.54, 1.807) is 20.8 Å². The molecule has 0 fully saturated rings. The molecule has 0 heterocycles. The largest absolute Gasteiger partial charge is 0.466 e. The van der Waals surface area contributed by atoms with Gasteiger partial charge in [-0.25, -0.2) is 0 Å². The quantitative estimate of drug-likeness (QED) is 0.370. The van der Waals surface area contributed by atoms with Gasteiger partial charge in [-0.3, -0.25) is 14.9 Å². The van der Waals surface area contributed by atoms with E-state index in [0.29, 0.717) is 6.61 Å². The van der Waals surface area contributed by atoms with Crippen molar-refractivity contribution in [1.29, 1.82) is 0 Å². The van der Waals surface area contributed by atoms with Gasteiger partial charge in [-0.2, -0.15) is 0 Å². The topological polar surface area (TPSA) is 69.4 Å². The fraction of sp³-hybridized carbons (Fsp3) is 0.875. The number of carbonyl (C=O) groups excluding carboxylic acids is 1. The summed E-state index contributed by atoms with van der Waals surface area (Å²) in [7, 11) is 0. The van der Waals surface area contributed by atoms with Crippen LogP contribution in [-0.2, 0) is 9.53 Å². The minimum Gasteiger partial charge on any atom is -0.466 e. The molecular weight excluding hydrogens is 174 g/mol. The van der Waals surface area contributed by atoms with Crippen LogP contribution in [-0.4, -0.2) is 24.0 Å². The summed E-state index contributed by atoms with van der Waals surface area (Å²) in [5.74, 6) is -0.378. The summed E-state index contributed by atoms with van der Waals surface area (Å²) >= 11 is 0. The molecule has 0 bridgehead atoms. The van der Waals surface area contributed by atoms with Crippen molar-refractivity contribution in [2.45, 2.75) is 27.2 Å². The number of hydrogen-bond donors (Lipinski definition) is 0. The second kappa shape index (κ2) is 4.79. The zero-order valence-electron chi connectivity index (χ0n) is 8.20. The molecule has 0 aromatic carbocycles. The van der Waals surface area contributed by atoms with Crippen molar-refractivity contribution in [2.75, 3.05) is 13.2 Å². The lowest BCUT2D eigenvalue weighted by atomic mass is 9.90. The summed E-state index contributed by atoms with van der Waals surface area (Å²) in [5.41, 5.74) is -0.761. The second-order valence-corrected chi connectivity index (χ2v) is 3.41. The first-order valence-corrected chi connectivity index (χ1v) is 4.19. The zero-order valence-corrected chi connectivity index (χ0v) is 8.20. The van der Waals surface area contributed by atoms with Gasteiger partial charge in [0.2, 0.25) is 6.54 Å². The minimum absolute atomic E-state index is 0.203. The fourth-order valence-corrected chi connectivity index (χ4v) is 0.799. The number of ether oxygens (including phenoxy) is 1. The van der Waals surface area contributed by atoms with E-state index >= 15 is 0 Å². The molecule has 0 aromatic heterocycles. The van der Waals surface area contributed by atoms with Crippen LogP contribution in [0.2, 0.25) is 0 Å². The number of nitro groups is 1. The monoisotopic (exact) mass is 189 g/mol. The molecule has 0 N–H and O–H groups in total. The molecule has 0 saturated heterocycles. The molecule has 0 atom stereocenters. The van der Waals surface area contributed by atoms with Gasteiger partial charge in [0.05, 0.1) is 12.0 Å². The van der Waals surface area contributed by atoms with Crippen molar-refractivity contribution in [3.05, 3.63) is 10.1 Å². The predicted molar refractivity (Wildman–Crippen MR) is 46.9 cm³/mol. The van der Waals surface area contributed by atoms with Crippen LogP contribution >= 0.6 is 0 Å². The van der Waals surface area contributed by atoms with Gasteiger partial charge in [0.1, 0.15) is 0 Å². The molecule has 0 spiro atoms. The third-order valence-electron chi connectivity index (χ3n) is 1.75. The fourth-order valence-electron chi connectivity index (χ4n) is 0.799. The van der Waals surface area contributed by atoms with Gasteiger partial charge in [0, 0.05) is 11.3 Å². The summed E-state index contributed by atoms with van der Waals surface area (Å²) in [6.07, 6.45) is 0.207. The van der Waals surface area contributed by atoms with Crippen LogP contribution < -0.4 is 0 Å². The maximum Gasteiger partial charge on any atom is 0.311 e. The maximum atomic E-state index is 11.2. The lowest BCUT2D eigenvalue weighted by Crippen LogP contribution is -2.29. The number of rotatable bonds is 5. The molecular formula is C8H15NO4. The molecule has 0 radical (unpaired) electrons. The molecule has 0 aromatic rings. The van der Waals surface area contributed by atoms with E-state index in [2.05, 4.69) is 0 Å². The van der Waals surface area contributed by atoms with Crippen molar-refractivity contribution < 1.29 is 14.5 Å². The van der Waals surface area contributed by atoms with Crippen LogP contribution in [0.1, 0.15) is 27.2 Å². The number of nitrogens with zero attached hydrogens (tertiary/aromatic N) is 1. The van der Waals surface area contributed by atoms with Crippen LogP contribution in [0.4, 0.5) is 0 Å². The molecule has 0 unspecified atom stereocenters. The van der Waals surface area contributed by atoms with Gasteiger partial charge in [-0.05, 0) is 20.8 Å². The Hall–Kier alpha value is -1.13. The van der Waals surface area contributed by atoms with Crippen LogP contribution in [0.25, 0.3) is 0 Å². The van der Waals surface area contributed by atoms with Crippen LogP contribution in [0, 0.1) is 15.5 Å². The Bertz CT molecular complexity index is 200. The molecule has 5 nitrogen and oxygen atoms in total. The molecule has 0 aliphatic heterocycles. The van der Waals surface area contributed by atoms with Crippen LogP contribution in [0.5, 0.6) is 0 Å². The van der Waals surface area contributed by atoms with E-state index in [1.165, 1.54) is 0 Å². The Morgan fingerprint density at radius 2 is 2.08 bits per heavy atom. The van der Waals surface area contributed by atoms with Crippen molar-refractivity contribution in [1.82, 2.24) is 0 Å². The molecule has 0 aliphatic rings. The first kappa shape index (κ1) is 11.9. The molecule has 13 heavy (non-hydrogen) atoms. The third kappa shape index (κ3) is 4.45. The molecule has 76 valence electrons. The van der Waals surface area contributed by atoms with E-state index in [-0.39, 0.29) is 18.9 Å². The highest BCUT2D eigenvalue weighted by Gasteiger charge is 2.30. The number of esters is 1. The molecule has 0 aliphatic carbocycles. The van der Waals surface area contributed by atoms with Gasteiger partial charge in [0.15, 0.2) is 0 Å². The van der Waals surface area contributed by atoms with E-state index < -0.39 is 10.3 Å². The average Bonchev–Trinajstić information content (AvgIpc) is 2.01. The zero-order chi connectivity index (χ0) is 10.5. The van der Waals surface area contributed by atoms with Gasteiger partial charge in [-0.15, -0.1) is 0 Å². The highest BCUT2D eigenvalue weighted by atomic mass is 16.6. The standard InChI is InChI=1S/C8H15NO4/c1-4-13-7(10)8(2,3)5-6-9(11)12/h4-6H2,1-3H3. The average molecular weight is 189 g/mol. The van der Waals surface area contributed by atoms with E-state index in [9.17, 15) is 14.9 Å². The summed E-state index contributed by atoms with van der Waals surface area (Å²) in [5, 5.41) is 10.1. The van der Waals surface area contributed by atoms with Crippen molar-refractivity contribution >= 4 is 5.97 Å². The predicted octanol–water partition coefficient (Wildman–Crippen LogP) is 1.24. The molecule has 0 saturated carbocycles. The van der Waals surface area contributed by atoms with Crippen LogP contribution in [0.3, 0.4) is 0 Å². The Balaban J connectivity index is 4.05. The highest BCUT2D eigenvalue weighted by molar-refractivity contribution is 5.75. The Kier molecular flexibility index (Phi) is 4.37. The maximum absolute atomic E-state index is 11.2. The lowest BCUT2D eigenvalue weighted by Gasteiger charge is -2.19. The SMILES string of the molecule is CCOC(=O)C(C)(C)CC[N+](=O)[O-]. The molecule has 5 heteroatoms. The van der Waals surface area contributed by atoms with E-state index in [1.807, 2.05) is 0 Å². The lowest BCUT2D eigenvalue weighted by molar-refractivity contribution is -0.482. The van der Waals surface area contributed by atoms with Crippen molar-refractivity contribution in [3.63, 3.8) is 0 Å². The van der Waals surface area contributed by atoms with Crippen molar-refractivity contribution in [2.24, 2.45) is 5.41 Å². The first-order valence-electron chi connectivity index (χ1n) is 4.19. The van der Waals surface area contributed by atoms with E-state index in [0.717, 1.165) is 0 Å². The third-order valence-corrected chi connectivity index (χ3v) is 1.75. The summed E-state index contributed by atoms with van der Waals surface area (Å²) in [4.78, 5) is 20.9. The minimum atomic E-state index is -0.761. The summed E-state index contributed by atoms with van der Waals surface area (Å²) in [6, 6.07) is 0. The normalized spacial score (nSPS) is 11.0. The Morgan fingerprint density at radius 3 is 2.46 bits per heavy atom. The van der Waals surface area contributed by atoms with Crippen LogP contribution in [0.15, 0.2) is 0 Å². The van der Waals surface area contributed by atoms with Gasteiger partial charge in [0.25, 0.3) is 0 Å². The van der Waals surface area contributed by atoms with E-state index in [4.69, 9.17) is 4.74 Å². The smallest absolute Gasteiger partial charge is 0.311 e. The van der Waals surface area contributed by atoms with Gasteiger partial charge in [-0.1, -0.05) is 0 Å². The number of hydrogen-bond acceptors (Lipinski definition) is 4. The second-order valence-electron chi connectivity index (χ2n) is 3.41. The van der Waals surface area contributed by atoms with Gasteiger partial charge >= 0.3 is 5.97 Å². The Morgan fingerprint density at radius 1 is 1.54 bits per heavy atom. The van der Waals surface area contributed by atoms with Gasteiger partial charge < -0.3 is 4.74 Å². The number of carbonyl (C=O) groups is 1. The van der Waals surface area contributed by atoms with Crippen molar-refractivity contribution in [3.8, 4) is 0 Å². The summed E-state index contributed by atoms with van der Waals surface area (Å²) in [6.45, 7) is 5.11. The molecule has 0 rings (SSSR count). The highest BCUT2D eigenvalue weighted by Crippen LogP contribution is 2.21. The molecule has 0 amide bonds.